The number of hydrogen-bond donors (Lipinski definition) is 0. The lowest BCUT2D eigenvalue weighted by Crippen LogP contribution is -2.45. The molecule has 1 aromatic heterocycles. The molecule has 1 amide bonds. The van der Waals surface area contributed by atoms with Crippen molar-refractivity contribution in [3.05, 3.63) is 53.1 Å². The zero-order chi connectivity index (χ0) is 18.1. The Labute approximate surface area is 144 Å². The van der Waals surface area contributed by atoms with E-state index in [0.717, 1.165) is 0 Å². The minimum absolute atomic E-state index is 0.100. The van der Waals surface area contributed by atoms with Gasteiger partial charge < -0.3 is 4.90 Å². The molecule has 0 bridgehead atoms. The second-order valence-electron chi connectivity index (χ2n) is 6.64. The maximum Gasteiger partial charge on any atom is 0.280 e. The molecule has 1 aliphatic rings. The number of rotatable bonds is 5. The summed E-state index contributed by atoms with van der Waals surface area (Å²) in [7, 11) is 0. The molecule has 0 aliphatic carbocycles. The van der Waals surface area contributed by atoms with Gasteiger partial charge in [0, 0.05) is 18.7 Å². The average Bonchev–Trinajstić information content (AvgIpc) is 2.91. The van der Waals surface area contributed by atoms with E-state index < -0.39 is 24.2 Å². The number of hydrogen-bond acceptors (Lipinski definition) is 2. The van der Waals surface area contributed by atoms with Crippen LogP contribution < -0.4 is 0 Å². The maximum atomic E-state index is 14.0. The van der Waals surface area contributed by atoms with Gasteiger partial charge in [0.1, 0.15) is 11.5 Å². The van der Waals surface area contributed by atoms with Gasteiger partial charge in [-0.15, -0.1) is 0 Å². The first-order valence-corrected chi connectivity index (χ1v) is 8.29. The van der Waals surface area contributed by atoms with E-state index in [4.69, 9.17) is 0 Å². The van der Waals surface area contributed by atoms with Crippen molar-refractivity contribution in [1.29, 1.82) is 0 Å². The lowest BCUT2D eigenvalue weighted by molar-refractivity contribution is 0.0442. The monoisotopic (exact) mass is 351 g/mol. The smallest absolute Gasteiger partial charge is 0.280 e. The Morgan fingerprint density at radius 1 is 1.32 bits per heavy atom. The van der Waals surface area contributed by atoms with Crippen LogP contribution in [0.25, 0.3) is 0 Å². The summed E-state index contributed by atoms with van der Waals surface area (Å²) >= 11 is 0. The fourth-order valence-corrected chi connectivity index (χ4v) is 3.13. The quantitative estimate of drug-likeness (QED) is 0.810. The fourth-order valence-electron chi connectivity index (χ4n) is 3.13. The van der Waals surface area contributed by atoms with Gasteiger partial charge in [0.2, 0.25) is 0 Å². The van der Waals surface area contributed by atoms with Crippen LogP contribution in [0, 0.1) is 11.7 Å². The zero-order valence-corrected chi connectivity index (χ0v) is 14.1. The summed E-state index contributed by atoms with van der Waals surface area (Å²) in [4.78, 5) is 14.2. The second kappa shape index (κ2) is 6.90. The van der Waals surface area contributed by atoms with Crippen molar-refractivity contribution in [3.8, 4) is 0 Å². The molecular weight excluding hydrogens is 331 g/mol. The number of amides is 1. The molecule has 0 radical (unpaired) electrons. The Balaban J connectivity index is 1.89. The Kier molecular flexibility index (Phi) is 4.83. The predicted octanol–water partition coefficient (Wildman–Crippen LogP) is 4.20. The highest BCUT2D eigenvalue weighted by Crippen LogP contribution is 2.37. The molecule has 3 rings (SSSR count). The Morgan fingerprint density at radius 3 is 2.60 bits per heavy atom. The molecule has 4 nitrogen and oxygen atoms in total. The van der Waals surface area contributed by atoms with Crippen LogP contribution in [0.5, 0.6) is 0 Å². The molecule has 0 N–H and O–H groups in total. The summed E-state index contributed by atoms with van der Waals surface area (Å²) in [5, 5.41) is 3.97. The maximum absolute atomic E-state index is 14.0. The third kappa shape index (κ3) is 3.27. The van der Waals surface area contributed by atoms with Crippen molar-refractivity contribution in [3.63, 3.8) is 0 Å². The van der Waals surface area contributed by atoms with Crippen molar-refractivity contribution >= 4 is 5.91 Å². The van der Waals surface area contributed by atoms with Gasteiger partial charge in [-0.05, 0) is 18.4 Å². The van der Waals surface area contributed by atoms with Gasteiger partial charge in [0.05, 0.1) is 17.8 Å². The SMILES string of the molecule is CC(C)Cn1ncc(C(=O)N2CC[C@H]2c2ccccc2F)c1C(F)F. The van der Waals surface area contributed by atoms with E-state index in [-0.39, 0.29) is 17.2 Å². The number of benzene rings is 1. The number of carbonyl (C=O) groups excluding carboxylic acids is 1. The summed E-state index contributed by atoms with van der Waals surface area (Å²) in [5.41, 5.74) is -0.0511. The first-order valence-electron chi connectivity index (χ1n) is 8.29. The molecule has 1 atom stereocenters. The number of nitrogens with zero attached hydrogens (tertiary/aromatic N) is 3. The van der Waals surface area contributed by atoms with Crippen LogP contribution in [0.3, 0.4) is 0 Å². The molecule has 134 valence electrons. The standard InChI is InChI=1S/C18H20F3N3O/c1-11(2)10-24-16(17(20)21)13(9-22-24)18(25)23-8-7-15(23)12-5-3-4-6-14(12)19/h3-6,9,11,15,17H,7-8,10H2,1-2H3/t15-/m0/s1. The van der Waals surface area contributed by atoms with Crippen molar-refractivity contribution in [2.75, 3.05) is 6.54 Å². The molecular formula is C18H20F3N3O. The summed E-state index contributed by atoms with van der Waals surface area (Å²) in [6.45, 7) is 4.50. The number of alkyl halides is 2. The van der Waals surface area contributed by atoms with Gasteiger partial charge in [-0.2, -0.15) is 5.10 Å². The fraction of sp³-hybridized carbons (Fsp3) is 0.444. The van der Waals surface area contributed by atoms with Gasteiger partial charge >= 0.3 is 0 Å². The molecule has 25 heavy (non-hydrogen) atoms. The van der Waals surface area contributed by atoms with E-state index >= 15 is 0 Å². The Hall–Kier alpha value is -2.31. The summed E-state index contributed by atoms with van der Waals surface area (Å²) in [6.07, 6.45) is -0.992. The predicted molar refractivity (Wildman–Crippen MR) is 86.8 cm³/mol. The second-order valence-corrected chi connectivity index (χ2v) is 6.64. The van der Waals surface area contributed by atoms with Crippen LogP contribution in [-0.4, -0.2) is 27.1 Å². The van der Waals surface area contributed by atoms with Gasteiger partial charge in [0.15, 0.2) is 0 Å². The molecule has 7 heteroatoms. The largest absolute Gasteiger partial charge is 0.331 e. The summed E-state index contributed by atoms with van der Waals surface area (Å²) in [6, 6.07) is 5.81. The molecule has 2 aromatic rings. The highest BCUT2D eigenvalue weighted by atomic mass is 19.3. The van der Waals surface area contributed by atoms with Crippen molar-refractivity contribution in [2.45, 2.75) is 39.3 Å². The lowest BCUT2D eigenvalue weighted by atomic mass is 9.93. The van der Waals surface area contributed by atoms with Crippen LogP contribution in [0.4, 0.5) is 13.2 Å². The lowest BCUT2D eigenvalue weighted by Gasteiger charge is -2.41. The minimum atomic E-state index is -2.80. The highest BCUT2D eigenvalue weighted by Gasteiger charge is 2.38. The Bertz CT molecular complexity index is 773. The van der Waals surface area contributed by atoms with Gasteiger partial charge in [-0.1, -0.05) is 32.0 Å². The molecule has 1 fully saturated rings. The van der Waals surface area contributed by atoms with E-state index in [1.807, 2.05) is 13.8 Å². The van der Waals surface area contributed by atoms with Crippen LogP contribution in [0.15, 0.2) is 30.5 Å². The Morgan fingerprint density at radius 2 is 2.04 bits per heavy atom. The summed E-state index contributed by atoms with van der Waals surface area (Å²) in [5.74, 6) is -0.796. The third-order valence-electron chi connectivity index (χ3n) is 4.40. The highest BCUT2D eigenvalue weighted by molar-refractivity contribution is 5.96. The van der Waals surface area contributed by atoms with Crippen LogP contribution in [-0.2, 0) is 6.54 Å². The van der Waals surface area contributed by atoms with E-state index in [9.17, 15) is 18.0 Å². The van der Waals surface area contributed by atoms with Crippen molar-refractivity contribution in [1.82, 2.24) is 14.7 Å². The number of halogens is 3. The first-order chi connectivity index (χ1) is 11.9. The molecule has 1 saturated heterocycles. The molecule has 0 unspecified atom stereocenters. The molecule has 0 saturated carbocycles. The van der Waals surface area contributed by atoms with Gasteiger partial charge in [0.25, 0.3) is 12.3 Å². The molecule has 1 aliphatic heterocycles. The van der Waals surface area contributed by atoms with Crippen LogP contribution >= 0.6 is 0 Å². The zero-order valence-electron chi connectivity index (χ0n) is 14.1. The molecule has 1 aromatic carbocycles. The van der Waals surface area contributed by atoms with Gasteiger partial charge in [-0.3, -0.25) is 9.48 Å². The number of aromatic nitrogens is 2. The van der Waals surface area contributed by atoms with E-state index in [2.05, 4.69) is 5.10 Å². The average molecular weight is 351 g/mol. The van der Waals surface area contributed by atoms with Crippen LogP contribution in [0.2, 0.25) is 0 Å². The summed E-state index contributed by atoms with van der Waals surface area (Å²) < 4.78 is 42.2. The minimum Gasteiger partial charge on any atom is -0.331 e. The number of likely N-dealkylation sites (tertiary alicyclic amines) is 1. The normalized spacial score (nSPS) is 17.2. The van der Waals surface area contributed by atoms with E-state index in [1.165, 1.54) is 21.8 Å². The van der Waals surface area contributed by atoms with Crippen molar-refractivity contribution in [2.24, 2.45) is 5.92 Å². The van der Waals surface area contributed by atoms with Crippen LogP contribution in [0.1, 0.15) is 54.4 Å². The molecule has 0 spiro atoms. The van der Waals surface area contributed by atoms with E-state index in [0.29, 0.717) is 25.1 Å². The molecule has 2 heterocycles. The number of carbonyl (C=O) groups is 1. The van der Waals surface area contributed by atoms with Crippen molar-refractivity contribution < 1.29 is 18.0 Å². The van der Waals surface area contributed by atoms with Gasteiger partial charge in [-0.25, -0.2) is 13.2 Å². The first kappa shape index (κ1) is 17.5. The third-order valence-corrected chi connectivity index (χ3v) is 4.40. The topological polar surface area (TPSA) is 38.1 Å². The van der Waals surface area contributed by atoms with E-state index in [1.54, 1.807) is 18.2 Å².